The van der Waals surface area contributed by atoms with Gasteiger partial charge in [0.1, 0.15) is 13.2 Å². The third-order valence-corrected chi connectivity index (χ3v) is 2.38. The molecule has 0 atom stereocenters. The summed E-state index contributed by atoms with van der Waals surface area (Å²) in [5.74, 6) is 1.14. The quantitative estimate of drug-likeness (QED) is 0.274. The summed E-state index contributed by atoms with van der Waals surface area (Å²) in [6, 6.07) is 0.425. The fourth-order valence-electron chi connectivity index (χ4n) is 1.18. The van der Waals surface area contributed by atoms with Crippen LogP contribution in [0.15, 0.2) is 28.8 Å². The Morgan fingerprint density at radius 3 is 2.60 bits per heavy atom. The predicted octanol–water partition coefficient (Wildman–Crippen LogP) is 2.44. The molecular weight excluding hydrogens is 256 g/mol. The zero-order chi connectivity index (χ0) is 15.4. The number of allylic oxidation sites excluding steroid dienone is 3. The second-order valence-electron chi connectivity index (χ2n) is 4.58. The standard InChI is InChI=1S/C15H26N2O3/c1-6-14(18)11-20-13(4)7-8-15(16-5)19-10-9-17-12(2)3/h7-8,12,17H,5-6,9-11H2,1-4H3/b13-7+,15-8+. The lowest BCUT2D eigenvalue weighted by molar-refractivity contribution is -0.122. The monoisotopic (exact) mass is 282 g/mol. The molecule has 0 heterocycles. The molecule has 5 nitrogen and oxygen atoms in total. The minimum Gasteiger partial charge on any atom is -0.490 e. The van der Waals surface area contributed by atoms with Crippen LogP contribution in [-0.2, 0) is 14.3 Å². The topological polar surface area (TPSA) is 59.9 Å². The van der Waals surface area contributed by atoms with Crippen LogP contribution >= 0.6 is 0 Å². The van der Waals surface area contributed by atoms with Gasteiger partial charge in [-0.3, -0.25) is 4.79 Å². The van der Waals surface area contributed by atoms with Crippen molar-refractivity contribution in [2.24, 2.45) is 4.99 Å². The minimum absolute atomic E-state index is 0.0693. The van der Waals surface area contributed by atoms with Gasteiger partial charge in [-0.2, -0.15) is 0 Å². The number of hydrogen-bond acceptors (Lipinski definition) is 5. The number of carbonyl (C=O) groups excluding carboxylic acids is 1. The first-order valence-electron chi connectivity index (χ1n) is 6.85. The van der Waals surface area contributed by atoms with E-state index in [1.807, 2.05) is 6.92 Å². The molecule has 0 aliphatic carbocycles. The van der Waals surface area contributed by atoms with Crippen LogP contribution in [0.4, 0.5) is 0 Å². The van der Waals surface area contributed by atoms with Gasteiger partial charge >= 0.3 is 0 Å². The molecule has 114 valence electrons. The SMILES string of the molecule is C=N/C(=C\C=C(/C)OCC(=O)CC)OCCNC(C)C. The zero-order valence-electron chi connectivity index (χ0n) is 12.9. The van der Waals surface area contributed by atoms with Crippen molar-refractivity contribution >= 4 is 12.5 Å². The molecule has 0 fully saturated rings. The van der Waals surface area contributed by atoms with Gasteiger partial charge in [0.05, 0.1) is 5.76 Å². The van der Waals surface area contributed by atoms with E-state index in [1.54, 1.807) is 19.1 Å². The summed E-state index contributed by atoms with van der Waals surface area (Å²) in [6.07, 6.45) is 3.87. The summed E-state index contributed by atoms with van der Waals surface area (Å²) in [7, 11) is 0. The summed E-state index contributed by atoms with van der Waals surface area (Å²) in [6.45, 7) is 12.5. The highest BCUT2D eigenvalue weighted by atomic mass is 16.5. The smallest absolute Gasteiger partial charge is 0.212 e. The van der Waals surface area contributed by atoms with Gasteiger partial charge in [0.25, 0.3) is 0 Å². The number of Topliss-reactive ketones (excluding diaryl/α,β-unsaturated/α-hetero) is 1. The first-order chi connectivity index (χ1) is 9.49. The van der Waals surface area contributed by atoms with E-state index in [0.29, 0.717) is 30.7 Å². The predicted molar refractivity (Wildman–Crippen MR) is 81.7 cm³/mol. The Kier molecular flexibility index (Phi) is 10.3. The lowest BCUT2D eigenvalue weighted by atomic mass is 10.3. The molecule has 0 bridgehead atoms. The molecule has 0 amide bonds. The first-order valence-corrected chi connectivity index (χ1v) is 6.85. The number of hydrogen-bond donors (Lipinski definition) is 1. The van der Waals surface area contributed by atoms with Gasteiger partial charge in [-0.1, -0.05) is 20.8 Å². The van der Waals surface area contributed by atoms with Crippen molar-refractivity contribution in [1.82, 2.24) is 5.32 Å². The normalized spacial score (nSPS) is 12.4. The van der Waals surface area contributed by atoms with Gasteiger partial charge in [-0.25, -0.2) is 4.99 Å². The molecule has 20 heavy (non-hydrogen) atoms. The van der Waals surface area contributed by atoms with Crippen LogP contribution in [0.25, 0.3) is 0 Å². The highest BCUT2D eigenvalue weighted by Crippen LogP contribution is 2.03. The van der Waals surface area contributed by atoms with Crippen molar-refractivity contribution in [3.05, 3.63) is 23.8 Å². The molecule has 0 saturated heterocycles. The minimum atomic E-state index is 0.0693. The summed E-state index contributed by atoms with van der Waals surface area (Å²) >= 11 is 0. The second kappa shape index (κ2) is 11.2. The van der Waals surface area contributed by atoms with Crippen LogP contribution in [0.3, 0.4) is 0 Å². The van der Waals surface area contributed by atoms with E-state index in [9.17, 15) is 4.79 Å². The van der Waals surface area contributed by atoms with Crippen LogP contribution in [-0.4, -0.2) is 38.3 Å². The average Bonchev–Trinajstić information content (AvgIpc) is 2.43. The van der Waals surface area contributed by atoms with Gasteiger partial charge < -0.3 is 14.8 Å². The van der Waals surface area contributed by atoms with Crippen LogP contribution in [0, 0.1) is 0 Å². The van der Waals surface area contributed by atoms with E-state index in [1.165, 1.54) is 0 Å². The Hall–Kier alpha value is -1.62. The van der Waals surface area contributed by atoms with Crippen LogP contribution in [0.5, 0.6) is 0 Å². The van der Waals surface area contributed by atoms with E-state index in [-0.39, 0.29) is 12.4 Å². The summed E-state index contributed by atoms with van der Waals surface area (Å²) in [4.78, 5) is 14.9. The number of rotatable bonds is 11. The highest BCUT2D eigenvalue weighted by molar-refractivity contribution is 5.79. The zero-order valence-corrected chi connectivity index (χ0v) is 12.9. The number of ether oxygens (including phenoxy) is 2. The Morgan fingerprint density at radius 1 is 1.35 bits per heavy atom. The van der Waals surface area contributed by atoms with E-state index in [0.717, 1.165) is 6.54 Å². The van der Waals surface area contributed by atoms with Gasteiger partial charge in [-0.05, 0) is 19.7 Å². The van der Waals surface area contributed by atoms with Crippen molar-refractivity contribution < 1.29 is 14.3 Å². The molecule has 0 unspecified atom stereocenters. The fraction of sp³-hybridized carbons (Fsp3) is 0.600. The summed E-state index contributed by atoms with van der Waals surface area (Å²) in [5, 5.41) is 3.24. The number of nitrogens with one attached hydrogen (secondary N) is 1. The number of aliphatic imine (C=N–C) groups is 1. The maximum atomic E-state index is 11.1. The van der Waals surface area contributed by atoms with Crippen molar-refractivity contribution in [1.29, 1.82) is 0 Å². The van der Waals surface area contributed by atoms with E-state index >= 15 is 0 Å². The first kappa shape index (κ1) is 18.4. The molecule has 0 aromatic heterocycles. The number of carbonyl (C=O) groups is 1. The maximum Gasteiger partial charge on any atom is 0.212 e. The van der Waals surface area contributed by atoms with E-state index < -0.39 is 0 Å². The Bertz CT molecular complexity index is 360. The number of ketones is 1. The maximum absolute atomic E-state index is 11.1. The van der Waals surface area contributed by atoms with E-state index in [4.69, 9.17) is 9.47 Å². The highest BCUT2D eigenvalue weighted by Gasteiger charge is 1.99. The fourth-order valence-corrected chi connectivity index (χ4v) is 1.18. The summed E-state index contributed by atoms with van der Waals surface area (Å²) < 4.78 is 10.7. The molecule has 0 aromatic rings. The third kappa shape index (κ3) is 10.3. The lowest BCUT2D eigenvalue weighted by Crippen LogP contribution is -2.26. The summed E-state index contributed by atoms with van der Waals surface area (Å²) in [5.41, 5.74) is 0. The molecule has 1 N–H and O–H groups in total. The van der Waals surface area contributed by atoms with Gasteiger partial charge in [0.2, 0.25) is 5.88 Å². The second-order valence-corrected chi connectivity index (χ2v) is 4.58. The van der Waals surface area contributed by atoms with Crippen molar-refractivity contribution in [2.45, 2.75) is 40.2 Å². The van der Waals surface area contributed by atoms with Crippen molar-refractivity contribution in [3.8, 4) is 0 Å². The number of nitrogens with zero attached hydrogens (tertiary/aromatic N) is 1. The molecule has 0 aliphatic rings. The molecule has 0 aromatic carbocycles. The molecule has 5 heteroatoms. The average molecular weight is 282 g/mol. The van der Waals surface area contributed by atoms with Gasteiger partial charge in [-0.15, -0.1) is 0 Å². The third-order valence-electron chi connectivity index (χ3n) is 2.38. The molecule has 0 aliphatic heterocycles. The van der Waals surface area contributed by atoms with Crippen molar-refractivity contribution in [3.63, 3.8) is 0 Å². The van der Waals surface area contributed by atoms with Crippen LogP contribution in [0.1, 0.15) is 34.1 Å². The molecule has 0 radical (unpaired) electrons. The Labute approximate surface area is 121 Å². The van der Waals surface area contributed by atoms with Crippen LogP contribution in [0.2, 0.25) is 0 Å². The Balaban J connectivity index is 4.14. The Morgan fingerprint density at radius 2 is 2.05 bits per heavy atom. The van der Waals surface area contributed by atoms with Crippen molar-refractivity contribution in [2.75, 3.05) is 19.8 Å². The van der Waals surface area contributed by atoms with Gasteiger partial charge in [0.15, 0.2) is 5.78 Å². The lowest BCUT2D eigenvalue weighted by Gasteiger charge is -2.09. The molecule has 0 rings (SSSR count). The largest absolute Gasteiger partial charge is 0.490 e. The van der Waals surface area contributed by atoms with E-state index in [2.05, 4.69) is 30.9 Å². The molecule has 0 saturated carbocycles. The van der Waals surface area contributed by atoms with Gasteiger partial charge in [0, 0.05) is 25.1 Å². The molecular formula is C15H26N2O3. The molecule has 0 spiro atoms. The van der Waals surface area contributed by atoms with Crippen LogP contribution < -0.4 is 5.32 Å².